The van der Waals surface area contributed by atoms with Crippen LogP contribution in [0.25, 0.3) is 16.7 Å². The van der Waals surface area contributed by atoms with Crippen molar-refractivity contribution in [3.63, 3.8) is 0 Å². The fraction of sp³-hybridized carbons (Fsp3) is 0.294. The highest BCUT2D eigenvalue weighted by molar-refractivity contribution is 5.75. The lowest BCUT2D eigenvalue weighted by molar-refractivity contribution is -0.153. The number of ether oxygens (including phenoxy) is 2. The number of aromatic nitrogens is 3. The smallest absolute Gasteiger partial charge is 0.422 e. The molecule has 2 aromatic heterocycles. The van der Waals surface area contributed by atoms with Gasteiger partial charge >= 0.3 is 12.2 Å². The van der Waals surface area contributed by atoms with Crippen LogP contribution in [0.3, 0.4) is 0 Å². The molecule has 0 radical (unpaired) electrons. The van der Waals surface area contributed by atoms with E-state index in [2.05, 4.69) is 14.7 Å². The molecule has 1 N–H and O–H groups in total. The van der Waals surface area contributed by atoms with E-state index in [4.69, 9.17) is 4.74 Å². The summed E-state index contributed by atoms with van der Waals surface area (Å²) in [6.45, 7) is 0.905. The fourth-order valence-corrected chi connectivity index (χ4v) is 2.35. The number of nitrogens with zero attached hydrogens (tertiary/aromatic N) is 2. The first kappa shape index (κ1) is 17.8. The van der Waals surface area contributed by atoms with Gasteiger partial charge in [0.05, 0.1) is 17.7 Å². The van der Waals surface area contributed by atoms with Gasteiger partial charge in [-0.25, -0.2) is 4.57 Å². The Labute approximate surface area is 146 Å². The summed E-state index contributed by atoms with van der Waals surface area (Å²) < 4.78 is 48.2. The number of fused-ring (bicyclic) bond motifs is 1. The summed E-state index contributed by atoms with van der Waals surface area (Å²) in [6, 6.07) is 7.39. The Morgan fingerprint density at radius 1 is 1.15 bits per heavy atom. The summed E-state index contributed by atoms with van der Waals surface area (Å²) in [5.74, 6) is 0.0471. The molecule has 0 fully saturated rings. The zero-order valence-corrected chi connectivity index (χ0v) is 13.8. The number of alkyl halides is 3. The van der Waals surface area contributed by atoms with E-state index in [1.54, 1.807) is 12.3 Å². The molecule has 0 unspecified atom stereocenters. The van der Waals surface area contributed by atoms with Crippen LogP contribution in [0.1, 0.15) is 13.3 Å². The molecule has 0 saturated carbocycles. The quantitative estimate of drug-likeness (QED) is 0.725. The molecule has 0 aliphatic carbocycles. The molecule has 3 aromatic rings. The summed E-state index contributed by atoms with van der Waals surface area (Å²) in [7, 11) is 0. The zero-order valence-electron chi connectivity index (χ0n) is 13.8. The van der Waals surface area contributed by atoms with Crippen LogP contribution in [0.5, 0.6) is 11.8 Å². The van der Waals surface area contributed by atoms with Gasteiger partial charge in [0.25, 0.3) is 5.56 Å². The van der Waals surface area contributed by atoms with E-state index in [0.717, 1.165) is 6.42 Å². The Morgan fingerprint density at radius 2 is 1.88 bits per heavy atom. The number of nitrogens with one attached hydrogen (secondary N) is 1. The maximum Gasteiger partial charge on any atom is 0.422 e. The Kier molecular flexibility index (Phi) is 4.88. The van der Waals surface area contributed by atoms with Crippen LogP contribution in [0.15, 0.2) is 41.3 Å². The summed E-state index contributed by atoms with van der Waals surface area (Å²) in [5, 5.41) is 0.381. The maximum atomic E-state index is 12.8. The van der Waals surface area contributed by atoms with E-state index in [9.17, 15) is 18.0 Å². The third-order valence-corrected chi connectivity index (χ3v) is 3.49. The van der Waals surface area contributed by atoms with Crippen LogP contribution in [-0.2, 0) is 0 Å². The predicted octanol–water partition coefficient (Wildman–Crippen LogP) is 3.44. The van der Waals surface area contributed by atoms with Gasteiger partial charge in [-0.05, 0) is 36.8 Å². The number of rotatable bonds is 6. The average Bonchev–Trinajstić information content (AvgIpc) is 3.07. The van der Waals surface area contributed by atoms with Crippen molar-refractivity contribution in [1.29, 1.82) is 0 Å². The number of aromatic amines is 1. The Hall–Kier alpha value is -2.97. The second-order valence-corrected chi connectivity index (χ2v) is 5.52. The summed E-state index contributed by atoms with van der Waals surface area (Å²) in [6.07, 6.45) is -2.09. The van der Waals surface area contributed by atoms with Crippen LogP contribution >= 0.6 is 0 Å². The van der Waals surface area contributed by atoms with E-state index in [-0.39, 0.29) is 17.3 Å². The monoisotopic (exact) mass is 367 g/mol. The van der Waals surface area contributed by atoms with E-state index < -0.39 is 12.8 Å². The topological polar surface area (TPSA) is 69.1 Å². The zero-order chi connectivity index (χ0) is 18.7. The molecule has 0 amide bonds. The Bertz CT molecular complexity index is 946. The van der Waals surface area contributed by atoms with Crippen molar-refractivity contribution in [2.75, 3.05) is 13.2 Å². The first-order chi connectivity index (χ1) is 12.4. The molecule has 3 rings (SSSR count). The molecule has 0 bridgehead atoms. The van der Waals surface area contributed by atoms with Gasteiger partial charge in [0, 0.05) is 6.20 Å². The number of hydrogen-bond acceptors (Lipinski definition) is 4. The molecule has 1 aromatic carbocycles. The molecule has 0 saturated heterocycles. The number of hydrogen-bond donors (Lipinski definition) is 1. The summed E-state index contributed by atoms with van der Waals surface area (Å²) in [4.78, 5) is 19.9. The fourth-order valence-electron chi connectivity index (χ4n) is 2.35. The third kappa shape index (κ3) is 3.81. The van der Waals surface area contributed by atoms with Crippen molar-refractivity contribution in [3.05, 3.63) is 46.9 Å². The summed E-state index contributed by atoms with van der Waals surface area (Å²) in [5.41, 5.74) is 0.477. The molecule has 9 heteroatoms. The molecular weight excluding hydrogens is 351 g/mol. The van der Waals surface area contributed by atoms with Gasteiger partial charge < -0.3 is 14.5 Å². The third-order valence-electron chi connectivity index (χ3n) is 3.49. The van der Waals surface area contributed by atoms with Crippen molar-refractivity contribution in [2.45, 2.75) is 19.5 Å². The molecule has 26 heavy (non-hydrogen) atoms. The molecule has 0 spiro atoms. The van der Waals surface area contributed by atoms with Crippen molar-refractivity contribution in [3.8, 4) is 17.4 Å². The largest absolute Gasteiger partial charge is 0.484 e. The molecule has 0 atom stereocenters. The highest BCUT2D eigenvalue weighted by atomic mass is 19.4. The van der Waals surface area contributed by atoms with Gasteiger partial charge in [-0.3, -0.25) is 4.79 Å². The van der Waals surface area contributed by atoms with Gasteiger partial charge in [-0.2, -0.15) is 18.2 Å². The van der Waals surface area contributed by atoms with E-state index >= 15 is 0 Å². The molecule has 2 heterocycles. The normalized spacial score (nSPS) is 11.7. The minimum Gasteiger partial charge on any atom is -0.484 e. The lowest BCUT2D eigenvalue weighted by Crippen LogP contribution is -2.22. The molecular formula is C17H16F3N3O3. The SMILES string of the molecule is CCCOc1nc2[nH]ccc2c(=O)n1-c1ccc(OCC(F)(F)F)cc1. The Morgan fingerprint density at radius 3 is 2.54 bits per heavy atom. The van der Waals surface area contributed by atoms with Gasteiger partial charge in [-0.1, -0.05) is 6.92 Å². The molecule has 0 aliphatic rings. The van der Waals surface area contributed by atoms with E-state index in [0.29, 0.717) is 23.3 Å². The first-order valence-electron chi connectivity index (χ1n) is 7.92. The van der Waals surface area contributed by atoms with Gasteiger partial charge in [-0.15, -0.1) is 0 Å². The van der Waals surface area contributed by atoms with E-state index in [1.165, 1.54) is 28.8 Å². The highest BCUT2D eigenvalue weighted by Crippen LogP contribution is 2.22. The molecule has 0 aliphatic heterocycles. The number of H-pyrrole nitrogens is 1. The maximum absolute atomic E-state index is 12.8. The van der Waals surface area contributed by atoms with Crippen molar-refractivity contribution >= 4 is 11.0 Å². The van der Waals surface area contributed by atoms with Crippen molar-refractivity contribution in [1.82, 2.24) is 14.5 Å². The van der Waals surface area contributed by atoms with Crippen molar-refractivity contribution in [2.24, 2.45) is 0 Å². The highest BCUT2D eigenvalue weighted by Gasteiger charge is 2.28. The van der Waals surface area contributed by atoms with Gasteiger partial charge in [0.2, 0.25) is 0 Å². The van der Waals surface area contributed by atoms with Crippen LogP contribution in [0.4, 0.5) is 13.2 Å². The second kappa shape index (κ2) is 7.11. The van der Waals surface area contributed by atoms with Gasteiger partial charge in [0.15, 0.2) is 6.61 Å². The summed E-state index contributed by atoms with van der Waals surface area (Å²) >= 11 is 0. The number of benzene rings is 1. The standard InChI is InChI=1S/C17H16F3N3O3/c1-2-9-25-16-22-14-13(7-8-21-14)15(24)23(16)11-3-5-12(6-4-11)26-10-17(18,19)20/h3-8,21H,2,9-10H2,1H3. The molecule has 138 valence electrons. The minimum atomic E-state index is -4.42. The average molecular weight is 367 g/mol. The van der Waals surface area contributed by atoms with Gasteiger partial charge in [0.1, 0.15) is 11.4 Å². The van der Waals surface area contributed by atoms with Crippen LogP contribution < -0.4 is 15.0 Å². The second-order valence-electron chi connectivity index (χ2n) is 5.52. The van der Waals surface area contributed by atoms with Crippen LogP contribution in [-0.4, -0.2) is 33.9 Å². The number of halogens is 3. The van der Waals surface area contributed by atoms with Crippen molar-refractivity contribution < 1.29 is 22.6 Å². The molecule has 6 nitrogen and oxygen atoms in total. The predicted molar refractivity (Wildman–Crippen MR) is 89.0 cm³/mol. The van der Waals surface area contributed by atoms with E-state index in [1.807, 2.05) is 6.92 Å². The minimum absolute atomic E-state index is 0.0471. The Balaban J connectivity index is 1.98. The van der Waals surface area contributed by atoms with Crippen LogP contribution in [0, 0.1) is 0 Å². The first-order valence-corrected chi connectivity index (χ1v) is 7.92. The lowest BCUT2D eigenvalue weighted by atomic mass is 10.3. The van der Waals surface area contributed by atoms with Crippen LogP contribution in [0.2, 0.25) is 0 Å². The lowest BCUT2D eigenvalue weighted by Gasteiger charge is -2.13.